The van der Waals surface area contributed by atoms with Crippen LogP contribution in [0.5, 0.6) is 5.75 Å². The zero-order chi connectivity index (χ0) is 18.6. The number of carbonyl (C=O) groups excluding carboxylic acids is 1. The molecule has 1 fully saturated rings. The fourth-order valence-corrected chi connectivity index (χ4v) is 4.22. The molecule has 0 bridgehead atoms. The van der Waals surface area contributed by atoms with Gasteiger partial charge in [-0.3, -0.25) is 9.69 Å². The van der Waals surface area contributed by atoms with E-state index in [1.807, 2.05) is 25.7 Å². The molecule has 1 heterocycles. The molecular weight excluding hydrogens is 342 g/mol. The third-order valence-corrected chi connectivity index (χ3v) is 6.24. The highest BCUT2D eigenvalue weighted by molar-refractivity contribution is 7.89. The first-order valence-electron chi connectivity index (χ1n) is 8.44. The highest BCUT2D eigenvalue weighted by Crippen LogP contribution is 2.21. The van der Waals surface area contributed by atoms with Crippen molar-refractivity contribution in [1.29, 1.82) is 0 Å². The van der Waals surface area contributed by atoms with Crippen molar-refractivity contribution in [2.24, 2.45) is 0 Å². The van der Waals surface area contributed by atoms with E-state index in [1.54, 1.807) is 31.4 Å². The van der Waals surface area contributed by atoms with Crippen molar-refractivity contribution in [3.05, 3.63) is 24.3 Å². The maximum absolute atomic E-state index is 12.7. The number of carbonyl (C=O) groups is 1. The highest BCUT2D eigenvalue weighted by Gasteiger charge is 2.31. The van der Waals surface area contributed by atoms with Gasteiger partial charge in [0.1, 0.15) is 5.75 Å². The molecule has 1 unspecified atom stereocenters. The van der Waals surface area contributed by atoms with Gasteiger partial charge in [0.15, 0.2) is 0 Å². The summed E-state index contributed by atoms with van der Waals surface area (Å²) in [5, 5.41) is 2.89. The lowest BCUT2D eigenvalue weighted by Crippen LogP contribution is -2.55. The molecule has 1 aromatic rings. The topological polar surface area (TPSA) is 79.0 Å². The SMILES string of the molecule is COc1ccc(S(=O)(=O)N2CCN(C(C)C(=O)NC(C)C)CC2)cc1. The number of amides is 1. The van der Waals surface area contributed by atoms with Crippen molar-refractivity contribution in [2.75, 3.05) is 33.3 Å². The molecule has 0 radical (unpaired) electrons. The predicted octanol–water partition coefficient (Wildman–Crippen LogP) is 0.915. The molecule has 25 heavy (non-hydrogen) atoms. The number of benzene rings is 1. The summed E-state index contributed by atoms with van der Waals surface area (Å²) < 4.78 is 32.0. The summed E-state index contributed by atoms with van der Waals surface area (Å²) in [7, 11) is -1.98. The molecule has 140 valence electrons. The summed E-state index contributed by atoms with van der Waals surface area (Å²) in [5.74, 6) is 0.593. The first-order chi connectivity index (χ1) is 11.8. The molecule has 0 spiro atoms. The largest absolute Gasteiger partial charge is 0.497 e. The highest BCUT2D eigenvalue weighted by atomic mass is 32.2. The summed E-state index contributed by atoms with van der Waals surface area (Å²) in [5.41, 5.74) is 0. The molecule has 7 nitrogen and oxygen atoms in total. The number of piperazine rings is 1. The Morgan fingerprint density at radius 2 is 1.64 bits per heavy atom. The number of nitrogens with zero attached hydrogens (tertiary/aromatic N) is 2. The Bertz CT molecular complexity index is 680. The Labute approximate surface area is 150 Å². The van der Waals surface area contributed by atoms with Crippen LogP contribution in [0.3, 0.4) is 0 Å². The van der Waals surface area contributed by atoms with Crippen LogP contribution in [-0.4, -0.2) is 68.9 Å². The number of hydrogen-bond acceptors (Lipinski definition) is 5. The van der Waals surface area contributed by atoms with E-state index >= 15 is 0 Å². The standard InChI is InChI=1S/C17H27N3O4S/c1-13(2)18-17(21)14(3)19-9-11-20(12-10-19)25(22,23)16-7-5-15(24-4)6-8-16/h5-8,13-14H,9-12H2,1-4H3,(H,18,21). The van der Waals surface area contributed by atoms with Gasteiger partial charge in [-0.05, 0) is 45.0 Å². The van der Waals surface area contributed by atoms with Crippen molar-refractivity contribution in [3.8, 4) is 5.75 Å². The van der Waals surface area contributed by atoms with E-state index < -0.39 is 10.0 Å². The maximum Gasteiger partial charge on any atom is 0.243 e. The van der Waals surface area contributed by atoms with Gasteiger partial charge < -0.3 is 10.1 Å². The first-order valence-corrected chi connectivity index (χ1v) is 9.88. The number of hydrogen-bond donors (Lipinski definition) is 1. The molecule has 0 saturated carbocycles. The lowest BCUT2D eigenvalue weighted by Gasteiger charge is -2.37. The van der Waals surface area contributed by atoms with E-state index in [1.165, 1.54) is 4.31 Å². The molecule has 1 aliphatic heterocycles. The normalized spacial score (nSPS) is 18.1. The van der Waals surface area contributed by atoms with Crippen molar-refractivity contribution in [1.82, 2.24) is 14.5 Å². The minimum atomic E-state index is -3.52. The molecule has 1 N–H and O–H groups in total. The summed E-state index contributed by atoms with van der Waals surface area (Å²) in [6.45, 7) is 7.49. The van der Waals surface area contributed by atoms with Crippen LogP contribution in [0.15, 0.2) is 29.2 Å². The molecule has 1 amide bonds. The second kappa shape index (κ2) is 8.16. The summed E-state index contributed by atoms with van der Waals surface area (Å²) >= 11 is 0. The monoisotopic (exact) mass is 369 g/mol. The molecular formula is C17H27N3O4S. The molecule has 0 aliphatic carbocycles. The maximum atomic E-state index is 12.7. The minimum Gasteiger partial charge on any atom is -0.497 e. The lowest BCUT2D eigenvalue weighted by atomic mass is 10.2. The fourth-order valence-electron chi connectivity index (χ4n) is 2.80. The number of methoxy groups -OCH3 is 1. The first kappa shape index (κ1) is 19.7. The summed E-state index contributed by atoms with van der Waals surface area (Å²) in [6.07, 6.45) is 0. The van der Waals surface area contributed by atoms with Crippen LogP contribution in [0.25, 0.3) is 0 Å². The van der Waals surface area contributed by atoms with Gasteiger partial charge in [-0.15, -0.1) is 0 Å². The Morgan fingerprint density at radius 3 is 2.12 bits per heavy atom. The second-order valence-electron chi connectivity index (χ2n) is 6.45. The van der Waals surface area contributed by atoms with Crippen LogP contribution >= 0.6 is 0 Å². The third-order valence-electron chi connectivity index (χ3n) is 4.33. The second-order valence-corrected chi connectivity index (χ2v) is 8.39. The predicted molar refractivity (Wildman–Crippen MR) is 96.1 cm³/mol. The van der Waals surface area contributed by atoms with E-state index in [9.17, 15) is 13.2 Å². The molecule has 2 rings (SSSR count). The van der Waals surface area contributed by atoms with E-state index in [-0.39, 0.29) is 22.9 Å². The Balaban J connectivity index is 1.99. The number of rotatable bonds is 6. The summed E-state index contributed by atoms with van der Waals surface area (Å²) in [6, 6.07) is 6.21. The van der Waals surface area contributed by atoms with Crippen LogP contribution in [-0.2, 0) is 14.8 Å². The molecule has 8 heteroatoms. The average molecular weight is 369 g/mol. The van der Waals surface area contributed by atoms with Gasteiger partial charge in [0, 0.05) is 32.2 Å². The van der Waals surface area contributed by atoms with Crippen LogP contribution in [0, 0.1) is 0 Å². The van der Waals surface area contributed by atoms with E-state index in [0.717, 1.165) is 0 Å². The Morgan fingerprint density at radius 1 is 1.08 bits per heavy atom. The third kappa shape index (κ3) is 4.71. The molecule has 1 saturated heterocycles. The van der Waals surface area contributed by atoms with E-state index in [0.29, 0.717) is 31.9 Å². The number of sulfonamides is 1. The van der Waals surface area contributed by atoms with Crippen LogP contribution in [0.2, 0.25) is 0 Å². The van der Waals surface area contributed by atoms with Crippen molar-refractivity contribution >= 4 is 15.9 Å². The molecule has 0 aromatic heterocycles. The van der Waals surface area contributed by atoms with Crippen LogP contribution in [0.1, 0.15) is 20.8 Å². The zero-order valence-electron chi connectivity index (χ0n) is 15.2. The quantitative estimate of drug-likeness (QED) is 0.807. The fraction of sp³-hybridized carbons (Fsp3) is 0.588. The van der Waals surface area contributed by atoms with Crippen molar-refractivity contribution in [2.45, 2.75) is 37.8 Å². The van der Waals surface area contributed by atoms with Gasteiger partial charge in [-0.1, -0.05) is 0 Å². The van der Waals surface area contributed by atoms with Crippen molar-refractivity contribution in [3.63, 3.8) is 0 Å². The van der Waals surface area contributed by atoms with Crippen LogP contribution in [0.4, 0.5) is 0 Å². The molecule has 1 atom stereocenters. The lowest BCUT2D eigenvalue weighted by molar-refractivity contribution is -0.126. The van der Waals surface area contributed by atoms with Crippen LogP contribution < -0.4 is 10.1 Å². The number of nitrogens with one attached hydrogen (secondary N) is 1. The van der Waals surface area contributed by atoms with Gasteiger partial charge in [0.05, 0.1) is 18.0 Å². The Hall–Kier alpha value is -1.64. The minimum absolute atomic E-state index is 0.0264. The number of ether oxygens (including phenoxy) is 1. The van der Waals surface area contributed by atoms with E-state index in [4.69, 9.17) is 4.74 Å². The average Bonchev–Trinajstić information content (AvgIpc) is 2.60. The molecule has 1 aromatic carbocycles. The zero-order valence-corrected chi connectivity index (χ0v) is 16.0. The van der Waals surface area contributed by atoms with E-state index in [2.05, 4.69) is 5.32 Å². The van der Waals surface area contributed by atoms with Gasteiger partial charge in [-0.25, -0.2) is 8.42 Å². The smallest absolute Gasteiger partial charge is 0.243 e. The summed E-state index contributed by atoms with van der Waals surface area (Å²) in [4.78, 5) is 14.4. The van der Waals surface area contributed by atoms with Gasteiger partial charge >= 0.3 is 0 Å². The Kier molecular flexibility index (Phi) is 6.42. The van der Waals surface area contributed by atoms with Gasteiger partial charge in [0.2, 0.25) is 15.9 Å². The van der Waals surface area contributed by atoms with Gasteiger partial charge in [0.25, 0.3) is 0 Å². The van der Waals surface area contributed by atoms with Crippen molar-refractivity contribution < 1.29 is 17.9 Å². The van der Waals surface area contributed by atoms with Gasteiger partial charge in [-0.2, -0.15) is 4.31 Å². The molecule has 1 aliphatic rings.